The van der Waals surface area contributed by atoms with Gasteiger partial charge >= 0.3 is 5.97 Å². The van der Waals surface area contributed by atoms with Crippen LogP contribution in [0.4, 0.5) is 0 Å². The lowest BCUT2D eigenvalue weighted by atomic mass is 10.1. The highest BCUT2D eigenvalue weighted by Crippen LogP contribution is 2.23. The van der Waals surface area contributed by atoms with Crippen LogP contribution in [-0.2, 0) is 4.79 Å². The molecule has 0 aliphatic rings. The second-order valence-corrected chi connectivity index (χ2v) is 4.46. The van der Waals surface area contributed by atoms with Crippen molar-refractivity contribution >= 4 is 16.7 Å². The van der Waals surface area contributed by atoms with Crippen molar-refractivity contribution in [2.45, 2.75) is 19.8 Å². The maximum Gasteiger partial charge on any atom is 0.341 e. The number of benzene rings is 1. The lowest BCUT2D eigenvalue weighted by molar-refractivity contribution is -0.139. The van der Waals surface area contributed by atoms with Crippen molar-refractivity contribution in [1.82, 2.24) is 4.98 Å². The minimum Gasteiger partial charge on any atom is -0.482 e. The van der Waals surface area contributed by atoms with Gasteiger partial charge in [-0.05, 0) is 35.6 Å². The summed E-state index contributed by atoms with van der Waals surface area (Å²) in [4.78, 5) is 14.8. The molecule has 2 aromatic rings. The van der Waals surface area contributed by atoms with Crippen LogP contribution in [0.15, 0.2) is 30.5 Å². The van der Waals surface area contributed by atoms with E-state index in [4.69, 9.17) is 9.84 Å². The first-order valence-corrected chi connectivity index (χ1v) is 5.80. The summed E-state index contributed by atoms with van der Waals surface area (Å²) in [5.74, 6) is -0.0588. The molecular formula is C14H15NO3. The number of ether oxygens (including phenoxy) is 1. The number of carboxylic acid groups (broad SMARTS) is 1. The maximum atomic E-state index is 10.4. The van der Waals surface area contributed by atoms with Crippen molar-refractivity contribution in [1.29, 1.82) is 0 Å². The minimum absolute atomic E-state index is 0.326. The smallest absolute Gasteiger partial charge is 0.341 e. The van der Waals surface area contributed by atoms with E-state index in [-0.39, 0.29) is 6.61 Å². The van der Waals surface area contributed by atoms with Gasteiger partial charge in [-0.2, -0.15) is 0 Å². The van der Waals surface area contributed by atoms with Crippen molar-refractivity contribution < 1.29 is 14.6 Å². The standard InChI is InChI=1S/C14H15NO3/c1-9(2)13-6-11-5-12(18-8-14(16)17)4-3-10(11)7-15-13/h3-7,9H,8H2,1-2H3,(H,16,17). The molecule has 0 fully saturated rings. The van der Waals surface area contributed by atoms with Crippen LogP contribution in [0.1, 0.15) is 25.5 Å². The Morgan fingerprint density at radius 1 is 1.33 bits per heavy atom. The van der Waals surface area contributed by atoms with Crippen LogP contribution >= 0.6 is 0 Å². The van der Waals surface area contributed by atoms with Crippen LogP contribution in [-0.4, -0.2) is 22.7 Å². The van der Waals surface area contributed by atoms with Crippen LogP contribution in [0.25, 0.3) is 10.8 Å². The lowest BCUT2D eigenvalue weighted by Crippen LogP contribution is -2.09. The molecule has 94 valence electrons. The molecule has 4 heteroatoms. The quantitative estimate of drug-likeness (QED) is 0.899. The molecule has 2 rings (SSSR count). The van der Waals surface area contributed by atoms with E-state index < -0.39 is 5.97 Å². The number of hydrogen-bond donors (Lipinski definition) is 1. The molecule has 0 aliphatic heterocycles. The van der Waals surface area contributed by atoms with Gasteiger partial charge in [0.2, 0.25) is 0 Å². The average Bonchev–Trinajstić information content (AvgIpc) is 2.35. The zero-order chi connectivity index (χ0) is 13.1. The monoisotopic (exact) mass is 245 g/mol. The van der Waals surface area contributed by atoms with Crippen LogP contribution < -0.4 is 4.74 Å². The molecule has 0 saturated heterocycles. The summed E-state index contributed by atoms with van der Waals surface area (Å²) < 4.78 is 5.16. The number of pyridine rings is 1. The first-order valence-electron chi connectivity index (χ1n) is 5.80. The van der Waals surface area contributed by atoms with Crippen molar-refractivity contribution in [2.24, 2.45) is 0 Å². The SMILES string of the molecule is CC(C)c1cc2cc(OCC(=O)O)ccc2cn1. The predicted octanol–water partition coefficient (Wildman–Crippen LogP) is 2.82. The summed E-state index contributed by atoms with van der Waals surface area (Å²) in [7, 11) is 0. The van der Waals surface area contributed by atoms with Crippen molar-refractivity contribution in [3.05, 3.63) is 36.2 Å². The second-order valence-electron chi connectivity index (χ2n) is 4.46. The molecular weight excluding hydrogens is 230 g/mol. The number of aliphatic carboxylic acids is 1. The van der Waals surface area contributed by atoms with Gasteiger partial charge in [0.1, 0.15) is 5.75 Å². The normalized spacial score (nSPS) is 10.8. The van der Waals surface area contributed by atoms with Gasteiger partial charge < -0.3 is 9.84 Å². The molecule has 18 heavy (non-hydrogen) atoms. The number of carbonyl (C=O) groups is 1. The van der Waals surface area contributed by atoms with E-state index in [2.05, 4.69) is 18.8 Å². The van der Waals surface area contributed by atoms with Gasteiger partial charge in [-0.15, -0.1) is 0 Å². The van der Waals surface area contributed by atoms with Crippen LogP contribution in [0.3, 0.4) is 0 Å². The number of fused-ring (bicyclic) bond motifs is 1. The number of rotatable bonds is 4. The van der Waals surface area contributed by atoms with Crippen LogP contribution in [0.5, 0.6) is 5.75 Å². The molecule has 0 unspecified atom stereocenters. The lowest BCUT2D eigenvalue weighted by Gasteiger charge is -2.08. The Kier molecular flexibility index (Phi) is 3.46. The third kappa shape index (κ3) is 2.77. The maximum absolute atomic E-state index is 10.4. The fourth-order valence-electron chi connectivity index (χ4n) is 1.69. The Morgan fingerprint density at radius 3 is 2.78 bits per heavy atom. The van der Waals surface area contributed by atoms with E-state index in [9.17, 15) is 4.79 Å². The van der Waals surface area contributed by atoms with Gasteiger partial charge in [0.15, 0.2) is 6.61 Å². The van der Waals surface area contributed by atoms with E-state index in [0.29, 0.717) is 11.7 Å². The number of nitrogens with zero attached hydrogens (tertiary/aromatic N) is 1. The largest absolute Gasteiger partial charge is 0.482 e. The number of aromatic nitrogens is 1. The molecule has 1 aromatic carbocycles. The van der Waals surface area contributed by atoms with Gasteiger partial charge in [0, 0.05) is 17.3 Å². The number of hydrogen-bond acceptors (Lipinski definition) is 3. The van der Waals surface area contributed by atoms with E-state index >= 15 is 0 Å². The van der Waals surface area contributed by atoms with Gasteiger partial charge in [0.05, 0.1) is 0 Å². The summed E-state index contributed by atoms with van der Waals surface area (Å²) in [6, 6.07) is 7.48. The van der Waals surface area contributed by atoms with Gasteiger partial charge in [-0.3, -0.25) is 4.98 Å². The third-order valence-electron chi connectivity index (χ3n) is 2.67. The van der Waals surface area contributed by atoms with Crippen LogP contribution in [0, 0.1) is 0 Å². The summed E-state index contributed by atoms with van der Waals surface area (Å²) in [6.45, 7) is 3.84. The minimum atomic E-state index is -0.979. The first-order chi connectivity index (χ1) is 8.56. The van der Waals surface area contributed by atoms with E-state index in [1.54, 1.807) is 6.07 Å². The van der Waals surface area contributed by atoms with Gasteiger partial charge in [-0.25, -0.2) is 4.79 Å². The molecule has 1 heterocycles. The Labute approximate surface area is 105 Å². The first kappa shape index (κ1) is 12.4. The molecule has 0 bridgehead atoms. The summed E-state index contributed by atoms with van der Waals surface area (Å²) in [5, 5.41) is 10.6. The zero-order valence-electron chi connectivity index (χ0n) is 10.4. The Hall–Kier alpha value is -2.10. The second kappa shape index (κ2) is 5.04. The average molecular weight is 245 g/mol. The Bertz CT molecular complexity index is 578. The van der Waals surface area contributed by atoms with Crippen molar-refractivity contribution in [3.8, 4) is 5.75 Å². The molecule has 0 amide bonds. The molecule has 0 aliphatic carbocycles. The van der Waals surface area contributed by atoms with Crippen molar-refractivity contribution in [2.75, 3.05) is 6.61 Å². The van der Waals surface area contributed by atoms with E-state index in [1.165, 1.54) is 0 Å². The highest BCUT2D eigenvalue weighted by atomic mass is 16.5. The molecule has 0 radical (unpaired) electrons. The predicted molar refractivity (Wildman–Crippen MR) is 69.0 cm³/mol. The van der Waals surface area contributed by atoms with Gasteiger partial charge in [-0.1, -0.05) is 13.8 Å². The molecule has 4 nitrogen and oxygen atoms in total. The summed E-state index contributed by atoms with van der Waals surface area (Å²) >= 11 is 0. The molecule has 1 N–H and O–H groups in total. The fraction of sp³-hybridized carbons (Fsp3) is 0.286. The topological polar surface area (TPSA) is 59.4 Å². The van der Waals surface area contributed by atoms with E-state index in [1.807, 2.05) is 24.4 Å². The molecule has 0 atom stereocenters. The summed E-state index contributed by atoms with van der Waals surface area (Å²) in [5.41, 5.74) is 1.01. The Balaban J connectivity index is 2.33. The van der Waals surface area contributed by atoms with Crippen LogP contribution in [0.2, 0.25) is 0 Å². The van der Waals surface area contributed by atoms with Crippen molar-refractivity contribution in [3.63, 3.8) is 0 Å². The van der Waals surface area contributed by atoms with Gasteiger partial charge in [0.25, 0.3) is 0 Å². The summed E-state index contributed by atoms with van der Waals surface area (Å²) in [6.07, 6.45) is 1.83. The molecule has 0 spiro atoms. The fourth-order valence-corrected chi connectivity index (χ4v) is 1.69. The molecule has 1 aromatic heterocycles. The van der Waals surface area contributed by atoms with E-state index in [0.717, 1.165) is 16.5 Å². The zero-order valence-corrected chi connectivity index (χ0v) is 10.4. The highest BCUT2D eigenvalue weighted by Gasteiger charge is 2.04. The third-order valence-corrected chi connectivity index (χ3v) is 2.67. The highest BCUT2D eigenvalue weighted by molar-refractivity contribution is 5.83. The Morgan fingerprint density at radius 2 is 2.11 bits per heavy atom. The number of carboxylic acids is 1. The molecule has 0 saturated carbocycles.